The zero-order valence-corrected chi connectivity index (χ0v) is 17.2. The number of nitriles is 1. The van der Waals surface area contributed by atoms with Gasteiger partial charge < -0.3 is 0 Å². The fraction of sp³-hybridized carbons (Fsp3) is 0.720. The Morgan fingerprint density at radius 3 is 2.15 bits per heavy atom. The van der Waals surface area contributed by atoms with E-state index in [1.165, 1.54) is 88.2 Å². The topological polar surface area (TPSA) is 23.8 Å². The van der Waals surface area contributed by atoms with Crippen LogP contribution in [0.25, 0.3) is 0 Å². The molecule has 0 aliphatic heterocycles. The summed E-state index contributed by atoms with van der Waals surface area (Å²) in [6.07, 6.45) is 17.8. The Morgan fingerprint density at radius 2 is 1.54 bits per heavy atom. The molecule has 0 spiro atoms. The van der Waals surface area contributed by atoms with Gasteiger partial charge in [0, 0.05) is 0 Å². The molecule has 1 atom stereocenters. The minimum Gasteiger partial charge on any atom is -0.198 e. The molecule has 1 aliphatic rings. The van der Waals surface area contributed by atoms with Crippen molar-refractivity contribution in [3.63, 3.8) is 0 Å². The minimum atomic E-state index is 0.186. The third kappa shape index (κ3) is 6.15. The summed E-state index contributed by atoms with van der Waals surface area (Å²) in [5.74, 6) is 0.186. The number of aryl methyl sites for hydroxylation is 1. The first-order valence-corrected chi connectivity index (χ1v) is 11.2. The van der Waals surface area contributed by atoms with Gasteiger partial charge in [0.1, 0.15) is 0 Å². The second-order valence-corrected chi connectivity index (χ2v) is 8.54. The van der Waals surface area contributed by atoms with E-state index in [0.29, 0.717) is 0 Å². The lowest BCUT2D eigenvalue weighted by atomic mass is 9.62. The van der Waals surface area contributed by atoms with Gasteiger partial charge in [-0.3, -0.25) is 0 Å². The first-order chi connectivity index (χ1) is 12.7. The maximum absolute atomic E-state index is 10.0. The highest BCUT2D eigenvalue weighted by Gasteiger charge is 2.39. The SMILES string of the molecule is CCCCCCCC1(C(C#N)Cc2ccc(CCC)cc2)CCCCC1. The van der Waals surface area contributed by atoms with Gasteiger partial charge in [-0.05, 0) is 48.6 Å². The Hall–Kier alpha value is -1.29. The molecule has 0 amide bonds. The normalized spacial score (nSPS) is 17.6. The molecule has 144 valence electrons. The second-order valence-electron chi connectivity index (χ2n) is 8.54. The van der Waals surface area contributed by atoms with Crippen LogP contribution >= 0.6 is 0 Å². The molecule has 1 heteroatoms. The van der Waals surface area contributed by atoms with Crippen molar-refractivity contribution in [3.8, 4) is 6.07 Å². The smallest absolute Gasteiger partial charge is 0.0665 e. The van der Waals surface area contributed by atoms with Crippen LogP contribution in [0.1, 0.15) is 102 Å². The molecular formula is C25H39N. The van der Waals surface area contributed by atoms with E-state index in [0.717, 1.165) is 12.8 Å². The van der Waals surface area contributed by atoms with E-state index in [1.807, 2.05) is 0 Å². The van der Waals surface area contributed by atoms with Crippen molar-refractivity contribution in [3.05, 3.63) is 35.4 Å². The van der Waals surface area contributed by atoms with Gasteiger partial charge in [0.05, 0.1) is 12.0 Å². The molecule has 1 fully saturated rings. The molecule has 1 unspecified atom stereocenters. The van der Waals surface area contributed by atoms with Crippen molar-refractivity contribution in [2.45, 2.75) is 104 Å². The quantitative estimate of drug-likeness (QED) is 0.375. The molecule has 26 heavy (non-hydrogen) atoms. The van der Waals surface area contributed by atoms with Crippen LogP contribution in [0.15, 0.2) is 24.3 Å². The minimum absolute atomic E-state index is 0.186. The number of unbranched alkanes of at least 4 members (excludes halogenated alkanes) is 4. The fourth-order valence-electron chi connectivity index (χ4n) is 4.87. The maximum atomic E-state index is 10.0. The van der Waals surface area contributed by atoms with Crippen LogP contribution in [0.5, 0.6) is 0 Å². The molecule has 1 aromatic rings. The van der Waals surface area contributed by atoms with Crippen LogP contribution in [-0.4, -0.2) is 0 Å². The van der Waals surface area contributed by atoms with Crippen molar-refractivity contribution in [1.82, 2.24) is 0 Å². The van der Waals surface area contributed by atoms with E-state index < -0.39 is 0 Å². The Balaban J connectivity index is 2.02. The van der Waals surface area contributed by atoms with Gasteiger partial charge in [-0.25, -0.2) is 0 Å². The summed E-state index contributed by atoms with van der Waals surface area (Å²) in [4.78, 5) is 0. The molecule has 0 N–H and O–H groups in total. The van der Waals surface area contributed by atoms with E-state index in [2.05, 4.69) is 44.2 Å². The zero-order chi connectivity index (χ0) is 18.7. The monoisotopic (exact) mass is 353 g/mol. The standard InChI is InChI=1S/C25H39N/c1-3-5-6-7-9-17-25(18-10-8-11-19-25)24(21-26)20-23-15-13-22(12-4-2)14-16-23/h13-16,24H,3-12,17-20H2,1-2H3. The fourth-order valence-corrected chi connectivity index (χ4v) is 4.87. The van der Waals surface area contributed by atoms with E-state index in [9.17, 15) is 5.26 Å². The highest BCUT2D eigenvalue weighted by Crippen LogP contribution is 2.47. The van der Waals surface area contributed by atoms with Crippen LogP contribution in [0.3, 0.4) is 0 Å². The average Bonchev–Trinajstić information content (AvgIpc) is 2.68. The molecule has 1 aromatic carbocycles. The van der Waals surface area contributed by atoms with Crippen molar-refractivity contribution in [2.75, 3.05) is 0 Å². The molecular weight excluding hydrogens is 314 g/mol. The van der Waals surface area contributed by atoms with Gasteiger partial charge in [0.2, 0.25) is 0 Å². The number of hydrogen-bond acceptors (Lipinski definition) is 1. The van der Waals surface area contributed by atoms with Gasteiger partial charge in [-0.1, -0.05) is 95.9 Å². The summed E-state index contributed by atoms with van der Waals surface area (Å²) in [7, 11) is 0. The number of benzene rings is 1. The number of nitrogens with zero attached hydrogens (tertiary/aromatic N) is 1. The maximum Gasteiger partial charge on any atom is 0.0665 e. The van der Waals surface area contributed by atoms with E-state index in [4.69, 9.17) is 0 Å². The summed E-state index contributed by atoms with van der Waals surface area (Å²) in [6, 6.07) is 11.8. The van der Waals surface area contributed by atoms with Crippen LogP contribution in [0.4, 0.5) is 0 Å². The molecule has 0 aromatic heterocycles. The zero-order valence-electron chi connectivity index (χ0n) is 17.2. The number of hydrogen-bond donors (Lipinski definition) is 0. The highest BCUT2D eigenvalue weighted by atomic mass is 14.4. The summed E-state index contributed by atoms with van der Waals surface area (Å²) in [5.41, 5.74) is 3.06. The van der Waals surface area contributed by atoms with Gasteiger partial charge in [0.15, 0.2) is 0 Å². The van der Waals surface area contributed by atoms with Gasteiger partial charge in [-0.15, -0.1) is 0 Å². The molecule has 2 rings (SSSR count). The summed E-state index contributed by atoms with van der Waals surface area (Å²) < 4.78 is 0. The summed E-state index contributed by atoms with van der Waals surface area (Å²) in [6.45, 7) is 4.51. The predicted molar refractivity (Wildman–Crippen MR) is 112 cm³/mol. The van der Waals surface area contributed by atoms with Gasteiger partial charge >= 0.3 is 0 Å². The molecule has 0 radical (unpaired) electrons. The lowest BCUT2D eigenvalue weighted by molar-refractivity contribution is 0.110. The van der Waals surface area contributed by atoms with Crippen LogP contribution in [0, 0.1) is 22.7 Å². The van der Waals surface area contributed by atoms with Crippen LogP contribution < -0.4 is 0 Å². The number of rotatable bonds is 11. The Labute approximate surface area is 162 Å². The lowest BCUT2D eigenvalue weighted by Crippen LogP contribution is -2.33. The van der Waals surface area contributed by atoms with Crippen molar-refractivity contribution in [2.24, 2.45) is 11.3 Å². The van der Waals surface area contributed by atoms with E-state index in [-0.39, 0.29) is 11.3 Å². The van der Waals surface area contributed by atoms with Gasteiger partial charge in [0.25, 0.3) is 0 Å². The Morgan fingerprint density at radius 1 is 0.885 bits per heavy atom. The van der Waals surface area contributed by atoms with E-state index in [1.54, 1.807) is 0 Å². The summed E-state index contributed by atoms with van der Waals surface area (Å²) in [5, 5.41) is 10.0. The highest BCUT2D eigenvalue weighted by molar-refractivity contribution is 5.24. The molecule has 0 heterocycles. The third-order valence-corrected chi connectivity index (χ3v) is 6.52. The molecule has 0 saturated heterocycles. The Bertz CT molecular complexity index is 530. The van der Waals surface area contributed by atoms with Crippen LogP contribution in [0.2, 0.25) is 0 Å². The van der Waals surface area contributed by atoms with Crippen molar-refractivity contribution >= 4 is 0 Å². The first-order valence-electron chi connectivity index (χ1n) is 11.2. The van der Waals surface area contributed by atoms with Gasteiger partial charge in [-0.2, -0.15) is 5.26 Å². The average molecular weight is 354 g/mol. The molecule has 1 nitrogen and oxygen atoms in total. The molecule has 1 saturated carbocycles. The Kier molecular flexibility index (Phi) is 9.24. The first kappa shape index (κ1) is 21.0. The van der Waals surface area contributed by atoms with Crippen molar-refractivity contribution in [1.29, 1.82) is 5.26 Å². The summed E-state index contributed by atoms with van der Waals surface area (Å²) >= 11 is 0. The third-order valence-electron chi connectivity index (χ3n) is 6.52. The molecule has 1 aliphatic carbocycles. The lowest BCUT2D eigenvalue weighted by Gasteiger charge is -2.41. The van der Waals surface area contributed by atoms with Crippen LogP contribution in [-0.2, 0) is 12.8 Å². The predicted octanol–water partition coefficient (Wildman–Crippen LogP) is 7.63. The largest absolute Gasteiger partial charge is 0.198 e. The second kappa shape index (κ2) is 11.4. The molecule has 0 bridgehead atoms. The van der Waals surface area contributed by atoms with Crippen molar-refractivity contribution < 1.29 is 0 Å². The van der Waals surface area contributed by atoms with E-state index >= 15 is 0 Å².